The molecule has 3 heteroatoms. The molecule has 0 bridgehead atoms. The Balaban J connectivity index is 2.85. The molecule has 0 amide bonds. The Kier molecular flexibility index (Phi) is 11.8. The third-order valence-corrected chi connectivity index (χ3v) is 2.41. The zero-order valence-electron chi connectivity index (χ0n) is 9.43. The molecule has 0 saturated carbocycles. The molecule has 0 aliphatic rings. The first-order valence-electron chi connectivity index (χ1n) is 5.57. The summed E-state index contributed by atoms with van der Waals surface area (Å²) in [6.45, 7) is 6.45. The molecule has 86 valence electrons. The molecule has 14 heavy (non-hydrogen) atoms. The average molecular weight is 267 g/mol. The molecular weight excluding hydrogens is 244 g/mol. The van der Waals surface area contributed by atoms with Crippen LogP contribution in [0.4, 0.5) is 0 Å². The molecule has 1 unspecified atom stereocenters. The number of halogens is 1. The van der Waals surface area contributed by atoms with Gasteiger partial charge in [0.2, 0.25) is 0 Å². The highest BCUT2D eigenvalue weighted by molar-refractivity contribution is 9.09. The predicted molar refractivity (Wildman–Crippen MR) is 63.9 cm³/mol. The van der Waals surface area contributed by atoms with Crippen molar-refractivity contribution < 1.29 is 9.47 Å². The number of alkyl halides is 1. The van der Waals surface area contributed by atoms with Crippen LogP contribution in [0.5, 0.6) is 0 Å². The summed E-state index contributed by atoms with van der Waals surface area (Å²) in [6, 6.07) is 0. The van der Waals surface area contributed by atoms with Gasteiger partial charge in [0.25, 0.3) is 0 Å². The zero-order valence-corrected chi connectivity index (χ0v) is 11.0. The number of rotatable bonds is 10. The van der Waals surface area contributed by atoms with Crippen molar-refractivity contribution in [3.63, 3.8) is 0 Å². The molecule has 0 aliphatic carbocycles. The van der Waals surface area contributed by atoms with Crippen LogP contribution in [0, 0.1) is 0 Å². The summed E-state index contributed by atoms with van der Waals surface area (Å²) in [7, 11) is 0. The number of hydrogen-bond acceptors (Lipinski definition) is 2. The number of hydrogen-bond donors (Lipinski definition) is 0. The largest absolute Gasteiger partial charge is 0.355 e. The van der Waals surface area contributed by atoms with E-state index in [9.17, 15) is 0 Å². The number of ether oxygens (including phenoxy) is 2. The van der Waals surface area contributed by atoms with E-state index in [4.69, 9.17) is 9.47 Å². The highest BCUT2D eigenvalue weighted by Crippen LogP contribution is 2.05. The van der Waals surface area contributed by atoms with Gasteiger partial charge in [0, 0.05) is 18.0 Å². The minimum atomic E-state index is 0.459. The lowest BCUT2D eigenvalue weighted by Gasteiger charge is -2.06. The first-order chi connectivity index (χ1) is 6.77. The summed E-state index contributed by atoms with van der Waals surface area (Å²) >= 11 is 3.50. The molecule has 0 heterocycles. The van der Waals surface area contributed by atoms with Gasteiger partial charge in [-0.1, -0.05) is 42.6 Å². The maximum atomic E-state index is 5.32. The van der Waals surface area contributed by atoms with Gasteiger partial charge >= 0.3 is 0 Å². The van der Waals surface area contributed by atoms with E-state index in [1.165, 1.54) is 12.8 Å². The van der Waals surface area contributed by atoms with E-state index < -0.39 is 0 Å². The van der Waals surface area contributed by atoms with Gasteiger partial charge in [-0.05, 0) is 19.3 Å². The minimum Gasteiger partial charge on any atom is -0.355 e. The van der Waals surface area contributed by atoms with Gasteiger partial charge in [-0.25, -0.2) is 0 Å². The molecule has 0 aromatic rings. The molecule has 1 atom stereocenters. The molecule has 0 aliphatic heterocycles. The van der Waals surface area contributed by atoms with E-state index in [0.29, 0.717) is 11.6 Å². The Morgan fingerprint density at radius 2 is 1.71 bits per heavy atom. The first kappa shape index (κ1) is 14.4. The second kappa shape index (κ2) is 11.5. The SMILES string of the molecule is CCCCCOCOCCCC(C)Br. The monoisotopic (exact) mass is 266 g/mol. The van der Waals surface area contributed by atoms with Gasteiger partial charge in [-0.15, -0.1) is 0 Å². The van der Waals surface area contributed by atoms with Crippen molar-refractivity contribution in [1.82, 2.24) is 0 Å². The molecule has 0 N–H and O–H groups in total. The lowest BCUT2D eigenvalue weighted by atomic mass is 10.3. The van der Waals surface area contributed by atoms with Gasteiger partial charge in [0.15, 0.2) is 0 Å². The van der Waals surface area contributed by atoms with E-state index in [2.05, 4.69) is 29.8 Å². The lowest BCUT2D eigenvalue weighted by molar-refractivity contribution is -0.0554. The van der Waals surface area contributed by atoms with Crippen molar-refractivity contribution in [1.29, 1.82) is 0 Å². The van der Waals surface area contributed by atoms with Crippen LogP contribution in [-0.2, 0) is 9.47 Å². The van der Waals surface area contributed by atoms with E-state index in [1.54, 1.807) is 0 Å². The standard InChI is InChI=1S/C11H23BrO2/c1-3-4-5-8-13-10-14-9-6-7-11(2)12/h11H,3-10H2,1-2H3. The average Bonchev–Trinajstić information content (AvgIpc) is 2.15. The third kappa shape index (κ3) is 12.4. The van der Waals surface area contributed by atoms with E-state index in [0.717, 1.165) is 32.5 Å². The van der Waals surface area contributed by atoms with Crippen LogP contribution < -0.4 is 0 Å². The van der Waals surface area contributed by atoms with Gasteiger partial charge < -0.3 is 9.47 Å². The second-order valence-electron chi connectivity index (χ2n) is 3.56. The zero-order chi connectivity index (χ0) is 10.6. The van der Waals surface area contributed by atoms with Crippen LogP contribution in [0.3, 0.4) is 0 Å². The van der Waals surface area contributed by atoms with Crippen LogP contribution in [0.2, 0.25) is 0 Å². The maximum Gasteiger partial charge on any atom is 0.146 e. The lowest BCUT2D eigenvalue weighted by Crippen LogP contribution is -2.04. The van der Waals surface area contributed by atoms with Crippen LogP contribution in [-0.4, -0.2) is 24.8 Å². The summed E-state index contributed by atoms with van der Waals surface area (Å²) in [5.74, 6) is 0. The highest BCUT2D eigenvalue weighted by atomic mass is 79.9. The van der Waals surface area contributed by atoms with Crippen molar-refractivity contribution >= 4 is 15.9 Å². The molecule has 0 aromatic carbocycles. The van der Waals surface area contributed by atoms with E-state index in [-0.39, 0.29) is 0 Å². The maximum absolute atomic E-state index is 5.32. The highest BCUT2D eigenvalue weighted by Gasteiger charge is 1.95. The second-order valence-corrected chi connectivity index (χ2v) is 5.13. The molecule has 2 nitrogen and oxygen atoms in total. The fourth-order valence-electron chi connectivity index (χ4n) is 1.10. The van der Waals surface area contributed by atoms with Crippen LogP contribution in [0.15, 0.2) is 0 Å². The summed E-state index contributed by atoms with van der Waals surface area (Å²) in [5, 5.41) is 0. The van der Waals surface area contributed by atoms with Crippen molar-refractivity contribution in [2.45, 2.75) is 50.8 Å². The summed E-state index contributed by atoms with van der Waals surface area (Å²) in [5.41, 5.74) is 0. The molecule has 0 aromatic heterocycles. The normalized spacial score (nSPS) is 13.1. The Morgan fingerprint density at radius 3 is 2.29 bits per heavy atom. The predicted octanol–water partition coefficient (Wildman–Crippen LogP) is 3.73. The Morgan fingerprint density at radius 1 is 1.07 bits per heavy atom. The summed E-state index contributed by atoms with van der Waals surface area (Å²) < 4.78 is 10.6. The van der Waals surface area contributed by atoms with Crippen LogP contribution >= 0.6 is 15.9 Å². The van der Waals surface area contributed by atoms with E-state index >= 15 is 0 Å². The van der Waals surface area contributed by atoms with Crippen molar-refractivity contribution in [2.24, 2.45) is 0 Å². The quantitative estimate of drug-likeness (QED) is 0.341. The summed E-state index contributed by atoms with van der Waals surface area (Å²) in [6.07, 6.45) is 5.91. The Labute approximate surface area is 96.5 Å². The molecule has 0 radical (unpaired) electrons. The van der Waals surface area contributed by atoms with Crippen LogP contribution in [0.1, 0.15) is 46.0 Å². The van der Waals surface area contributed by atoms with Crippen LogP contribution in [0.25, 0.3) is 0 Å². The Hall–Kier alpha value is 0.400. The third-order valence-electron chi connectivity index (χ3n) is 1.95. The van der Waals surface area contributed by atoms with Gasteiger partial charge in [0.1, 0.15) is 6.79 Å². The first-order valence-corrected chi connectivity index (χ1v) is 6.48. The molecule has 0 spiro atoms. The topological polar surface area (TPSA) is 18.5 Å². The summed E-state index contributed by atoms with van der Waals surface area (Å²) in [4.78, 5) is 0.594. The van der Waals surface area contributed by atoms with Crippen molar-refractivity contribution in [2.75, 3.05) is 20.0 Å². The smallest absolute Gasteiger partial charge is 0.146 e. The van der Waals surface area contributed by atoms with Gasteiger partial charge in [-0.2, -0.15) is 0 Å². The van der Waals surface area contributed by atoms with Crippen molar-refractivity contribution in [3.8, 4) is 0 Å². The molecule has 0 fully saturated rings. The fraction of sp³-hybridized carbons (Fsp3) is 1.00. The minimum absolute atomic E-state index is 0.459. The van der Waals surface area contributed by atoms with E-state index in [1.807, 2.05) is 0 Å². The Bertz CT molecular complexity index is 107. The number of unbranched alkanes of at least 4 members (excludes halogenated alkanes) is 2. The van der Waals surface area contributed by atoms with Gasteiger partial charge in [0.05, 0.1) is 0 Å². The van der Waals surface area contributed by atoms with Crippen molar-refractivity contribution in [3.05, 3.63) is 0 Å². The molecular formula is C11H23BrO2. The molecule has 0 saturated heterocycles. The van der Waals surface area contributed by atoms with Gasteiger partial charge in [-0.3, -0.25) is 0 Å². The molecule has 0 rings (SSSR count). The fourth-order valence-corrected chi connectivity index (χ4v) is 1.42.